The van der Waals surface area contributed by atoms with Crippen LogP contribution >= 0.6 is 11.8 Å². The molecule has 28 heavy (non-hydrogen) atoms. The highest BCUT2D eigenvalue weighted by Crippen LogP contribution is 2.26. The van der Waals surface area contributed by atoms with Crippen LogP contribution in [0, 0.1) is 0 Å². The fraction of sp³-hybridized carbons (Fsp3) is 0.778. The number of thioether (sulfide) groups is 1. The molecule has 1 unspecified atom stereocenters. The van der Waals surface area contributed by atoms with Crippen LogP contribution in [0.1, 0.15) is 51.2 Å². The van der Waals surface area contributed by atoms with Gasteiger partial charge in [0.1, 0.15) is 12.8 Å². The highest BCUT2D eigenvalue weighted by Gasteiger charge is 2.38. The van der Waals surface area contributed by atoms with Crippen molar-refractivity contribution in [2.24, 2.45) is 0 Å². The second-order valence-electron chi connectivity index (χ2n) is 8.40. The number of aromatic nitrogens is 2. The molecule has 0 radical (unpaired) electrons. The molecule has 2 rings (SSSR count). The van der Waals surface area contributed by atoms with Crippen molar-refractivity contribution in [3.05, 3.63) is 11.8 Å². The zero-order chi connectivity index (χ0) is 20.9. The van der Waals surface area contributed by atoms with Crippen LogP contribution in [0.25, 0.3) is 0 Å². The van der Waals surface area contributed by atoms with Gasteiger partial charge in [-0.05, 0) is 13.8 Å². The molecule has 158 valence electrons. The molecule has 1 amide bonds. The number of hydrogen-bond acceptors (Lipinski definition) is 9. The van der Waals surface area contributed by atoms with E-state index >= 15 is 0 Å². The normalized spacial score (nSPS) is 17.9. The summed E-state index contributed by atoms with van der Waals surface area (Å²) in [6, 6.07) is -0.597. The summed E-state index contributed by atoms with van der Waals surface area (Å²) in [5.41, 5.74) is -0.749. The van der Waals surface area contributed by atoms with Gasteiger partial charge in [-0.25, -0.2) is 0 Å². The average molecular weight is 415 g/mol. The number of nitrogens with zero attached hydrogens (tertiary/aromatic N) is 3. The Kier molecular flexibility index (Phi) is 7.60. The lowest BCUT2D eigenvalue weighted by atomic mass is 9.97. The standard InChI is InChI=1S/C18H30N4O5S/c1-17(2,3)16-21-20-15(27-16)14(24)12-8-28-10-22(12)13(23)7-19-18(4,5)9-26-11-25-6/h12,19H,7-11H2,1-6H3. The minimum absolute atomic E-state index is 0.0449. The van der Waals surface area contributed by atoms with Crippen LogP contribution in [0.2, 0.25) is 0 Å². The lowest BCUT2D eigenvalue weighted by molar-refractivity contribution is -0.130. The van der Waals surface area contributed by atoms with Crippen molar-refractivity contribution in [3.8, 4) is 0 Å². The third-order valence-corrected chi connectivity index (χ3v) is 5.18. The number of Topliss-reactive ketones (excluding diaryl/α,β-unsaturated/α-hetero) is 1. The molecule has 9 nitrogen and oxygen atoms in total. The molecule has 1 aromatic heterocycles. The van der Waals surface area contributed by atoms with E-state index in [1.54, 1.807) is 12.0 Å². The van der Waals surface area contributed by atoms with Crippen molar-refractivity contribution < 1.29 is 23.5 Å². The maximum absolute atomic E-state index is 12.8. The van der Waals surface area contributed by atoms with E-state index in [-0.39, 0.29) is 36.3 Å². The second-order valence-corrected chi connectivity index (χ2v) is 9.40. The molecule has 1 aliphatic heterocycles. The number of rotatable bonds is 9. The summed E-state index contributed by atoms with van der Waals surface area (Å²) >= 11 is 1.53. The zero-order valence-corrected chi connectivity index (χ0v) is 18.2. The van der Waals surface area contributed by atoms with Gasteiger partial charge in [0.2, 0.25) is 17.6 Å². The Hall–Kier alpha value is -1.49. The predicted octanol–water partition coefficient (Wildman–Crippen LogP) is 1.44. The highest BCUT2D eigenvalue weighted by atomic mass is 32.2. The SMILES string of the molecule is COCOCC(C)(C)NCC(=O)N1CSCC1C(=O)c1nnc(C(C)(C)C)o1. The second kappa shape index (κ2) is 9.34. The van der Waals surface area contributed by atoms with Crippen LogP contribution in [0.3, 0.4) is 0 Å². The van der Waals surface area contributed by atoms with Gasteiger partial charge in [-0.3, -0.25) is 9.59 Å². The maximum atomic E-state index is 12.8. The van der Waals surface area contributed by atoms with E-state index in [1.165, 1.54) is 11.8 Å². The average Bonchev–Trinajstić information content (AvgIpc) is 3.28. The Morgan fingerprint density at radius 1 is 1.29 bits per heavy atom. The quantitative estimate of drug-likeness (QED) is 0.365. The minimum atomic E-state index is -0.597. The van der Waals surface area contributed by atoms with Gasteiger partial charge in [-0.1, -0.05) is 20.8 Å². The Labute approximate surface area is 169 Å². The number of nitrogens with one attached hydrogen (secondary N) is 1. The lowest BCUT2D eigenvalue weighted by Crippen LogP contribution is -2.51. The Balaban J connectivity index is 1.97. The lowest BCUT2D eigenvalue weighted by Gasteiger charge is -2.28. The van der Waals surface area contributed by atoms with Gasteiger partial charge >= 0.3 is 0 Å². The fourth-order valence-corrected chi connectivity index (χ4v) is 3.70. The summed E-state index contributed by atoms with van der Waals surface area (Å²) < 4.78 is 15.8. The van der Waals surface area contributed by atoms with Gasteiger partial charge in [-0.2, -0.15) is 0 Å². The van der Waals surface area contributed by atoms with E-state index < -0.39 is 11.6 Å². The first-order valence-electron chi connectivity index (χ1n) is 9.12. The van der Waals surface area contributed by atoms with Gasteiger partial charge in [0.25, 0.3) is 5.89 Å². The van der Waals surface area contributed by atoms with Crippen LogP contribution in [0.5, 0.6) is 0 Å². The van der Waals surface area contributed by atoms with Gasteiger partial charge in [-0.15, -0.1) is 22.0 Å². The van der Waals surface area contributed by atoms with Crippen molar-refractivity contribution in [3.63, 3.8) is 0 Å². The molecule has 0 saturated carbocycles. The smallest absolute Gasteiger partial charge is 0.286 e. The van der Waals surface area contributed by atoms with Crippen LogP contribution in [0.4, 0.5) is 0 Å². The van der Waals surface area contributed by atoms with Crippen LogP contribution < -0.4 is 5.32 Å². The molecule has 1 N–H and O–H groups in total. The Morgan fingerprint density at radius 2 is 2.00 bits per heavy atom. The van der Waals surface area contributed by atoms with E-state index in [4.69, 9.17) is 13.9 Å². The first-order chi connectivity index (χ1) is 13.0. The fourth-order valence-electron chi connectivity index (χ4n) is 2.52. The third-order valence-electron chi connectivity index (χ3n) is 4.16. The first-order valence-corrected chi connectivity index (χ1v) is 10.3. The summed E-state index contributed by atoms with van der Waals surface area (Å²) in [5, 5.41) is 11.0. The Morgan fingerprint density at radius 3 is 2.61 bits per heavy atom. The van der Waals surface area contributed by atoms with E-state index in [0.29, 0.717) is 24.1 Å². The summed E-state index contributed by atoms with van der Waals surface area (Å²) in [5.74, 6) is 0.855. The molecule has 1 fully saturated rings. The van der Waals surface area contributed by atoms with Crippen LogP contribution in [-0.2, 0) is 19.7 Å². The summed E-state index contributed by atoms with van der Waals surface area (Å²) in [6.07, 6.45) is 0. The Bertz CT molecular complexity index is 686. The van der Waals surface area contributed by atoms with Crippen LogP contribution in [0.15, 0.2) is 4.42 Å². The molecule has 1 atom stereocenters. The van der Waals surface area contributed by atoms with Crippen molar-refractivity contribution >= 4 is 23.5 Å². The van der Waals surface area contributed by atoms with Crippen molar-refractivity contribution in [2.75, 3.05) is 38.7 Å². The maximum Gasteiger partial charge on any atom is 0.286 e. The summed E-state index contributed by atoms with van der Waals surface area (Å²) in [6.45, 7) is 10.3. The number of amides is 1. The van der Waals surface area contributed by atoms with Crippen molar-refractivity contribution in [2.45, 2.75) is 51.6 Å². The molecular formula is C18H30N4O5S. The summed E-state index contributed by atoms with van der Waals surface area (Å²) in [4.78, 5) is 27.1. The molecule has 10 heteroatoms. The highest BCUT2D eigenvalue weighted by molar-refractivity contribution is 7.99. The number of carbonyl (C=O) groups excluding carboxylic acids is 2. The van der Waals surface area contributed by atoms with Crippen molar-refractivity contribution in [1.29, 1.82) is 0 Å². The largest absolute Gasteiger partial charge is 0.418 e. The number of hydrogen-bond donors (Lipinski definition) is 1. The van der Waals surface area contributed by atoms with Gasteiger partial charge < -0.3 is 24.1 Å². The number of methoxy groups -OCH3 is 1. The monoisotopic (exact) mass is 414 g/mol. The number of carbonyl (C=O) groups is 2. The molecule has 1 aromatic rings. The molecule has 0 aliphatic carbocycles. The van der Waals surface area contributed by atoms with E-state index in [9.17, 15) is 9.59 Å². The zero-order valence-electron chi connectivity index (χ0n) is 17.4. The van der Waals surface area contributed by atoms with Crippen molar-refractivity contribution in [1.82, 2.24) is 20.4 Å². The van der Waals surface area contributed by atoms with E-state index in [1.807, 2.05) is 34.6 Å². The first kappa shape index (κ1) is 22.8. The molecule has 0 bridgehead atoms. The minimum Gasteiger partial charge on any atom is -0.418 e. The van der Waals surface area contributed by atoms with Crippen LogP contribution in [-0.4, -0.2) is 77.1 Å². The van der Waals surface area contributed by atoms with E-state index in [0.717, 1.165) is 0 Å². The third kappa shape index (κ3) is 6.00. The van der Waals surface area contributed by atoms with E-state index in [2.05, 4.69) is 15.5 Å². The number of ether oxygens (including phenoxy) is 2. The molecule has 0 aromatic carbocycles. The molecule has 1 saturated heterocycles. The topological polar surface area (TPSA) is 107 Å². The van der Waals surface area contributed by atoms with Gasteiger partial charge in [0, 0.05) is 23.8 Å². The molecular weight excluding hydrogens is 384 g/mol. The predicted molar refractivity (Wildman–Crippen MR) is 105 cm³/mol. The molecule has 1 aliphatic rings. The number of ketones is 1. The molecule has 2 heterocycles. The van der Waals surface area contributed by atoms with Gasteiger partial charge in [0.05, 0.1) is 19.0 Å². The summed E-state index contributed by atoms with van der Waals surface area (Å²) in [7, 11) is 1.56. The molecule has 0 spiro atoms. The van der Waals surface area contributed by atoms with Gasteiger partial charge in [0.15, 0.2) is 0 Å².